The lowest BCUT2D eigenvalue weighted by Crippen LogP contribution is -2.09. The number of benzene rings is 1. The lowest BCUT2D eigenvalue weighted by atomic mass is 10.1. The fourth-order valence-corrected chi connectivity index (χ4v) is 2.33. The molecule has 0 amide bonds. The maximum Gasteiger partial charge on any atom is 0.145 e. The number of aromatic nitrogens is 2. The summed E-state index contributed by atoms with van der Waals surface area (Å²) >= 11 is 3.52. The van der Waals surface area contributed by atoms with Gasteiger partial charge in [-0.2, -0.15) is 0 Å². The van der Waals surface area contributed by atoms with E-state index in [2.05, 4.69) is 43.5 Å². The molecule has 0 unspecified atom stereocenters. The summed E-state index contributed by atoms with van der Waals surface area (Å²) in [5, 5.41) is 15.8. The third-order valence-corrected chi connectivity index (χ3v) is 3.73. The van der Waals surface area contributed by atoms with E-state index in [9.17, 15) is 5.11 Å². The van der Waals surface area contributed by atoms with Crippen molar-refractivity contribution in [3.8, 4) is 5.75 Å². The molecule has 5 nitrogen and oxygen atoms in total. The summed E-state index contributed by atoms with van der Waals surface area (Å²) in [5.41, 5.74) is 1.16. The quantitative estimate of drug-likeness (QED) is 0.713. The summed E-state index contributed by atoms with van der Waals surface area (Å²) in [6.45, 7) is 3.75. The van der Waals surface area contributed by atoms with Gasteiger partial charge in [0.1, 0.15) is 28.2 Å². The maximum absolute atomic E-state index is 9.25. The van der Waals surface area contributed by atoms with E-state index in [4.69, 9.17) is 0 Å². The Morgan fingerprint density at radius 1 is 1.05 bits per heavy atom. The topological polar surface area (TPSA) is 70.1 Å². The van der Waals surface area contributed by atoms with Crippen molar-refractivity contribution in [3.63, 3.8) is 0 Å². The number of hydrogen-bond donors (Lipinski definition) is 3. The molecule has 1 heterocycles. The molecule has 0 atom stereocenters. The summed E-state index contributed by atoms with van der Waals surface area (Å²) in [4.78, 5) is 8.46. The lowest BCUT2D eigenvalue weighted by Gasteiger charge is -2.11. The first kappa shape index (κ1) is 15.6. The van der Waals surface area contributed by atoms with E-state index in [1.165, 1.54) is 0 Å². The second-order valence-corrected chi connectivity index (χ2v) is 5.45. The molecule has 1 aromatic carbocycles. The Hall–Kier alpha value is -1.82. The molecule has 2 aromatic rings. The van der Waals surface area contributed by atoms with Crippen molar-refractivity contribution in [2.75, 3.05) is 23.7 Å². The first-order chi connectivity index (χ1) is 10.2. The molecule has 0 saturated heterocycles. The molecule has 3 N–H and O–H groups in total. The zero-order valence-corrected chi connectivity index (χ0v) is 13.5. The van der Waals surface area contributed by atoms with Crippen molar-refractivity contribution in [3.05, 3.63) is 40.6 Å². The molecule has 21 heavy (non-hydrogen) atoms. The third kappa shape index (κ3) is 4.60. The Morgan fingerprint density at radius 3 is 2.29 bits per heavy atom. The largest absolute Gasteiger partial charge is 0.508 e. The van der Waals surface area contributed by atoms with Gasteiger partial charge in [-0.05, 0) is 46.5 Å². The number of anilines is 2. The number of rotatable bonds is 7. The number of phenolic OH excluding ortho intramolecular Hbond substituents is 1. The second-order valence-electron chi connectivity index (χ2n) is 4.65. The second kappa shape index (κ2) is 7.83. The molecule has 0 aliphatic rings. The van der Waals surface area contributed by atoms with Crippen molar-refractivity contribution in [1.82, 2.24) is 9.97 Å². The third-order valence-electron chi connectivity index (χ3n) is 2.97. The minimum atomic E-state index is 0.289. The fourth-order valence-electron chi connectivity index (χ4n) is 1.85. The van der Waals surface area contributed by atoms with Gasteiger partial charge >= 0.3 is 0 Å². The predicted octanol–water partition coefficient (Wildman–Crippen LogP) is 3.42. The maximum atomic E-state index is 9.25. The van der Waals surface area contributed by atoms with Crippen LogP contribution >= 0.6 is 15.9 Å². The predicted molar refractivity (Wildman–Crippen MR) is 88.8 cm³/mol. The Morgan fingerprint density at radius 2 is 1.67 bits per heavy atom. The van der Waals surface area contributed by atoms with Gasteiger partial charge in [-0.1, -0.05) is 19.1 Å². The van der Waals surface area contributed by atoms with Crippen LogP contribution in [0, 0.1) is 0 Å². The highest BCUT2D eigenvalue weighted by Gasteiger charge is 2.07. The van der Waals surface area contributed by atoms with Crippen LogP contribution in [0.3, 0.4) is 0 Å². The van der Waals surface area contributed by atoms with Crippen LogP contribution in [0.1, 0.15) is 18.9 Å². The van der Waals surface area contributed by atoms with E-state index in [0.29, 0.717) is 0 Å². The SMILES string of the molecule is CCCNc1ncnc(NCCc2ccc(O)cc2)c1Br. The van der Waals surface area contributed by atoms with Gasteiger partial charge in [0.2, 0.25) is 0 Å². The van der Waals surface area contributed by atoms with Gasteiger partial charge in [0, 0.05) is 13.1 Å². The molecular formula is C15H19BrN4O. The zero-order chi connectivity index (χ0) is 15.1. The number of phenols is 1. The van der Waals surface area contributed by atoms with E-state index in [-0.39, 0.29) is 5.75 Å². The first-order valence-corrected chi connectivity index (χ1v) is 7.76. The molecule has 0 spiro atoms. The van der Waals surface area contributed by atoms with E-state index >= 15 is 0 Å². The molecule has 0 aliphatic carbocycles. The fraction of sp³-hybridized carbons (Fsp3) is 0.333. The van der Waals surface area contributed by atoms with Gasteiger partial charge in [-0.3, -0.25) is 0 Å². The van der Waals surface area contributed by atoms with Crippen molar-refractivity contribution in [2.45, 2.75) is 19.8 Å². The average molecular weight is 351 g/mol. The molecule has 112 valence electrons. The highest BCUT2D eigenvalue weighted by molar-refractivity contribution is 9.10. The zero-order valence-electron chi connectivity index (χ0n) is 11.9. The monoisotopic (exact) mass is 350 g/mol. The molecule has 0 radical (unpaired) electrons. The molecule has 6 heteroatoms. The number of hydrogen-bond acceptors (Lipinski definition) is 5. The standard InChI is InChI=1S/C15H19BrN4O/c1-2-8-17-14-13(16)15(20-10-19-14)18-9-7-11-3-5-12(21)6-4-11/h3-6,10,21H,2,7-9H2,1H3,(H2,17,18,19,20). The van der Waals surface area contributed by atoms with Crippen LogP contribution in [0.15, 0.2) is 35.1 Å². The number of aromatic hydroxyl groups is 1. The van der Waals surface area contributed by atoms with Crippen LogP contribution in [0.5, 0.6) is 5.75 Å². The number of nitrogens with one attached hydrogen (secondary N) is 2. The molecule has 0 fully saturated rings. The molecule has 0 saturated carbocycles. The minimum absolute atomic E-state index is 0.289. The van der Waals surface area contributed by atoms with Gasteiger partial charge in [0.05, 0.1) is 0 Å². The van der Waals surface area contributed by atoms with E-state index in [1.807, 2.05) is 12.1 Å². The highest BCUT2D eigenvalue weighted by atomic mass is 79.9. The summed E-state index contributed by atoms with van der Waals surface area (Å²) < 4.78 is 0.851. The summed E-state index contributed by atoms with van der Waals surface area (Å²) in [6, 6.07) is 7.23. The summed E-state index contributed by atoms with van der Waals surface area (Å²) in [5.74, 6) is 1.87. The summed E-state index contributed by atoms with van der Waals surface area (Å²) in [7, 11) is 0. The molecule has 0 bridgehead atoms. The van der Waals surface area contributed by atoms with Gasteiger partial charge < -0.3 is 15.7 Å². The normalized spacial score (nSPS) is 10.4. The highest BCUT2D eigenvalue weighted by Crippen LogP contribution is 2.26. The van der Waals surface area contributed by atoms with E-state index < -0.39 is 0 Å². The lowest BCUT2D eigenvalue weighted by molar-refractivity contribution is 0.475. The van der Waals surface area contributed by atoms with Crippen molar-refractivity contribution in [1.29, 1.82) is 0 Å². The smallest absolute Gasteiger partial charge is 0.145 e. The van der Waals surface area contributed by atoms with Gasteiger partial charge in [0.15, 0.2) is 0 Å². The molecule has 1 aromatic heterocycles. The van der Waals surface area contributed by atoms with Crippen molar-refractivity contribution < 1.29 is 5.11 Å². The number of halogens is 1. The minimum Gasteiger partial charge on any atom is -0.508 e. The van der Waals surface area contributed by atoms with Crippen LogP contribution in [-0.2, 0) is 6.42 Å². The van der Waals surface area contributed by atoms with Crippen LogP contribution in [0.4, 0.5) is 11.6 Å². The summed E-state index contributed by atoms with van der Waals surface area (Å²) in [6.07, 6.45) is 3.44. The van der Waals surface area contributed by atoms with E-state index in [1.54, 1.807) is 18.5 Å². The van der Waals surface area contributed by atoms with Gasteiger partial charge in [-0.15, -0.1) is 0 Å². The Bertz CT molecular complexity index is 574. The average Bonchev–Trinajstić information content (AvgIpc) is 2.50. The Labute approximate surface area is 133 Å². The van der Waals surface area contributed by atoms with Crippen molar-refractivity contribution >= 4 is 27.6 Å². The van der Waals surface area contributed by atoms with Crippen molar-refractivity contribution in [2.24, 2.45) is 0 Å². The molecular weight excluding hydrogens is 332 g/mol. The van der Waals surface area contributed by atoms with Crippen LogP contribution in [0.2, 0.25) is 0 Å². The van der Waals surface area contributed by atoms with Crippen LogP contribution in [-0.4, -0.2) is 28.2 Å². The van der Waals surface area contributed by atoms with Crippen LogP contribution in [0.25, 0.3) is 0 Å². The van der Waals surface area contributed by atoms with Gasteiger partial charge in [0.25, 0.3) is 0 Å². The molecule has 2 rings (SSSR count). The molecule has 0 aliphatic heterocycles. The number of nitrogens with zero attached hydrogens (tertiary/aromatic N) is 2. The Balaban J connectivity index is 1.92. The van der Waals surface area contributed by atoms with Crippen LogP contribution < -0.4 is 10.6 Å². The first-order valence-electron chi connectivity index (χ1n) is 6.97. The van der Waals surface area contributed by atoms with Gasteiger partial charge in [-0.25, -0.2) is 9.97 Å². The van der Waals surface area contributed by atoms with E-state index in [0.717, 1.165) is 47.6 Å². The Kier molecular flexibility index (Phi) is 5.80.